The summed E-state index contributed by atoms with van der Waals surface area (Å²) < 4.78 is 42.7. The lowest BCUT2D eigenvalue weighted by Crippen LogP contribution is -2.06. The van der Waals surface area contributed by atoms with Crippen molar-refractivity contribution in [2.75, 3.05) is 0 Å². The molecule has 27 heavy (non-hydrogen) atoms. The Bertz CT molecular complexity index is 901. The van der Waals surface area contributed by atoms with Gasteiger partial charge in [0.25, 0.3) is 0 Å². The molecule has 138 valence electrons. The van der Waals surface area contributed by atoms with Gasteiger partial charge in [-0.05, 0) is 29.8 Å². The van der Waals surface area contributed by atoms with Crippen LogP contribution in [0.2, 0.25) is 0 Å². The van der Waals surface area contributed by atoms with Gasteiger partial charge in [0.1, 0.15) is 18.3 Å². The number of carbonyl (C=O) groups is 2. The molecule has 0 aliphatic rings. The van der Waals surface area contributed by atoms with Crippen LogP contribution < -0.4 is 9.47 Å². The van der Waals surface area contributed by atoms with Crippen LogP contribution in [0.1, 0.15) is 0 Å². The van der Waals surface area contributed by atoms with E-state index >= 15 is 0 Å². The highest BCUT2D eigenvalue weighted by molar-refractivity contribution is 5.83. The quantitative estimate of drug-likeness (QED) is 0.314. The van der Waals surface area contributed by atoms with Gasteiger partial charge in [-0.3, -0.25) is 0 Å². The second-order valence-electron chi connectivity index (χ2n) is 4.92. The van der Waals surface area contributed by atoms with Gasteiger partial charge in [0, 0.05) is 17.7 Å². The number of carbonyl (C=O) groups excluding carboxylic acids is 2. The Morgan fingerprint density at radius 1 is 0.852 bits per heavy atom. The van der Waals surface area contributed by atoms with Crippen molar-refractivity contribution in [2.45, 2.75) is 0 Å². The zero-order valence-corrected chi connectivity index (χ0v) is 14.0. The monoisotopic (exact) mass is 372 g/mol. The maximum atomic E-state index is 14.3. The fraction of sp³-hybridized carbons (Fsp3) is 0. The van der Waals surface area contributed by atoms with Gasteiger partial charge in [-0.2, -0.15) is 4.39 Å². The minimum absolute atomic E-state index is 0.0205. The second kappa shape index (κ2) is 9.10. The Hall–Kier alpha value is -3.74. The molecule has 0 aliphatic heterocycles. The summed E-state index contributed by atoms with van der Waals surface area (Å²) in [6.45, 7) is 6.42. The third-order valence-electron chi connectivity index (χ3n) is 3.20. The van der Waals surface area contributed by atoms with E-state index in [-0.39, 0.29) is 5.56 Å². The SMILES string of the molecule is C=CC(=O)O/C=C\Oc1ccc(-c2ccc(OC(=O)C=C)c(F)c2F)cc1. The van der Waals surface area contributed by atoms with Crippen LogP contribution in [0.4, 0.5) is 8.78 Å². The average Bonchev–Trinajstić information content (AvgIpc) is 2.69. The molecule has 0 amide bonds. The number of hydrogen-bond acceptors (Lipinski definition) is 5. The van der Waals surface area contributed by atoms with Crippen molar-refractivity contribution in [3.63, 3.8) is 0 Å². The molecule has 2 aromatic rings. The summed E-state index contributed by atoms with van der Waals surface area (Å²) in [5.41, 5.74) is 0.357. The summed E-state index contributed by atoms with van der Waals surface area (Å²) in [5, 5.41) is 0. The van der Waals surface area contributed by atoms with Crippen molar-refractivity contribution in [1.82, 2.24) is 0 Å². The lowest BCUT2D eigenvalue weighted by molar-refractivity contribution is -0.132. The molecule has 0 aromatic heterocycles. The van der Waals surface area contributed by atoms with E-state index in [9.17, 15) is 18.4 Å². The molecule has 0 saturated heterocycles. The van der Waals surface area contributed by atoms with Gasteiger partial charge in [-0.25, -0.2) is 14.0 Å². The molecule has 0 heterocycles. The molecule has 5 nitrogen and oxygen atoms in total. The van der Waals surface area contributed by atoms with Crippen LogP contribution in [0.3, 0.4) is 0 Å². The Balaban J connectivity index is 2.13. The van der Waals surface area contributed by atoms with E-state index in [2.05, 4.69) is 22.6 Å². The van der Waals surface area contributed by atoms with Crippen LogP contribution in [0.5, 0.6) is 11.5 Å². The number of halogens is 2. The molecule has 0 unspecified atom stereocenters. The maximum Gasteiger partial charge on any atom is 0.335 e. The number of rotatable bonds is 7. The number of ether oxygens (including phenoxy) is 3. The first-order valence-electron chi connectivity index (χ1n) is 7.53. The molecular weight excluding hydrogens is 358 g/mol. The summed E-state index contributed by atoms with van der Waals surface area (Å²) in [6.07, 6.45) is 4.02. The second-order valence-corrected chi connectivity index (χ2v) is 4.92. The standard InChI is InChI=1S/C20H14F2O5/c1-3-17(23)26-12-11-25-14-7-5-13(6-8-14)15-9-10-16(20(22)19(15)21)27-18(24)4-2/h3-12H,1-2H2/b12-11-. The average molecular weight is 372 g/mol. The first-order chi connectivity index (χ1) is 13.0. The first kappa shape index (κ1) is 19.6. The number of benzene rings is 2. The number of hydrogen-bond donors (Lipinski definition) is 0. The third kappa shape index (κ3) is 5.12. The van der Waals surface area contributed by atoms with Crippen molar-refractivity contribution in [3.8, 4) is 22.6 Å². The topological polar surface area (TPSA) is 61.8 Å². The van der Waals surface area contributed by atoms with E-state index in [4.69, 9.17) is 4.74 Å². The summed E-state index contributed by atoms with van der Waals surface area (Å²) in [6, 6.07) is 8.47. The molecule has 0 atom stereocenters. The molecule has 0 fully saturated rings. The zero-order valence-electron chi connectivity index (χ0n) is 14.0. The molecule has 0 spiro atoms. The molecule has 0 saturated carbocycles. The Morgan fingerprint density at radius 2 is 1.52 bits per heavy atom. The third-order valence-corrected chi connectivity index (χ3v) is 3.20. The normalized spacial score (nSPS) is 10.3. The van der Waals surface area contributed by atoms with Gasteiger partial charge in [-0.1, -0.05) is 25.3 Å². The maximum absolute atomic E-state index is 14.3. The summed E-state index contributed by atoms with van der Waals surface area (Å²) in [7, 11) is 0. The molecule has 7 heteroatoms. The molecular formula is C20H14F2O5. The minimum Gasteiger partial charge on any atom is -0.462 e. The molecule has 0 aliphatic carbocycles. The van der Waals surface area contributed by atoms with Gasteiger partial charge in [0.15, 0.2) is 11.6 Å². The van der Waals surface area contributed by atoms with E-state index in [1.54, 1.807) is 0 Å². The highest BCUT2D eigenvalue weighted by Crippen LogP contribution is 2.31. The van der Waals surface area contributed by atoms with Gasteiger partial charge >= 0.3 is 11.9 Å². The highest BCUT2D eigenvalue weighted by atomic mass is 19.2. The van der Waals surface area contributed by atoms with Crippen LogP contribution in [0, 0.1) is 11.6 Å². The van der Waals surface area contributed by atoms with E-state index in [0.29, 0.717) is 11.3 Å². The zero-order chi connectivity index (χ0) is 19.8. The van der Waals surface area contributed by atoms with Gasteiger partial charge < -0.3 is 14.2 Å². The first-order valence-corrected chi connectivity index (χ1v) is 7.53. The van der Waals surface area contributed by atoms with Gasteiger partial charge in [-0.15, -0.1) is 0 Å². The molecule has 2 rings (SSSR count). The molecule has 0 bridgehead atoms. The lowest BCUT2D eigenvalue weighted by Gasteiger charge is -2.09. The summed E-state index contributed by atoms with van der Waals surface area (Å²) in [4.78, 5) is 22.0. The van der Waals surface area contributed by atoms with Crippen molar-refractivity contribution in [1.29, 1.82) is 0 Å². The van der Waals surface area contributed by atoms with Crippen LogP contribution >= 0.6 is 0 Å². The van der Waals surface area contributed by atoms with E-state index in [1.807, 2.05) is 0 Å². The van der Waals surface area contributed by atoms with E-state index < -0.39 is 29.3 Å². The largest absolute Gasteiger partial charge is 0.462 e. The van der Waals surface area contributed by atoms with Gasteiger partial charge in [0.05, 0.1) is 0 Å². The summed E-state index contributed by atoms with van der Waals surface area (Å²) >= 11 is 0. The molecule has 0 N–H and O–H groups in total. The fourth-order valence-electron chi connectivity index (χ4n) is 1.95. The van der Waals surface area contributed by atoms with Crippen LogP contribution in [0.25, 0.3) is 11.1 Å². The van der Waals surface area contributed by atoms with Crippen molar-refractivity contribution in [3.05, 3.63) is 85.9 Å². The van der Waals surface area contributed by atoms with Crippen LogP contribution in [-0.4, -0.2) is 11.9 Å². The molecule has 0 radical (unpaired) electrons. The van der Waals surface area contributed by atoms with Crippen molar-refractivity contribution >= 4 is 11.9 Å². The molecule has 2 aromatic carbocycles. The van der Waals surface area contributed by atoms with Crippen molar-refractivity contribution in [2.24, 2.45) is 0 Å². The van der Waals surface area contributed by atoms with Crippen LogP contribution in [-0.2, 0) is 14.3 Å². The smallest absolute Gasteiger partial charge is 0.335 e. The number of esters is 2. The predicted molar refractivity (Wildman–Crippen MR) is 93.7 cm³/mol. The highest BCUT2D eigenvalue weighted by Gasteiger charge is 2.17. The summed E-state index contributed by atoms with van der Waals surface area (Å²) in [5.74, 6) is -4.12. The predicted octanol–water partition coefficient (Wildman–Crippen LogP) is 4.30. The Labute approximate surface area is 153 Å². The Kier molecular flexibility index (Phi) is 6.60. The minimum atomic E-state index is -1.28. The van der Waals surface area contributed by atoms with Crippen LogP contribution in [0.15, 0.2) is 74.2 Å². The van der Waals surface area contributed by atoms with E-state index in [1.165, 1.54) is 30.3 Å². The van der Waals surface area contributed by atoms with Crippen molar-refractivity contribution < 1.29 is 32.6 Å². The fourth-order valence-corrected chi connectivity index (χ4v) is 1.95. The van der Waals surface area contributed by atoms with E-state index in [0.717, 1.165) is 30.7 Å². The lowest BCUT2D eigenvalue weighted by atomic mass is 10.0. The Morgan fingerprint density at radius 3 is 2.15 bits per heavy atom. The van der Waals surface area contributed by atoms with Gasteiger partial charge in [0.2, 0.25) is 5.82 Å².